The highest BCUT2D eigenvalue weighted by molar-refractivity contribution is 5.95. The van der Waals surface area contributed by atoms with E-state index in [0.717, 1.165) is 19.3 Å². The molecule has 0 heterocycles. The molecule has 0 saturated carbocycles. The van der Waals surface area contributed by atoms with Gasteiger partial charge in [0.1, 0.15) is 5.75 Å². The number of nitrogens with two attached hydrogens (primary N) is 1. The number of anilines is 1. The van der Waals surface area contributed by atoms with Crippen molar-refractivity contribution in [2.45, 2.75) is 46.1 Å². The molecule has 0 bridgehead atoms. The van der Waals surface area contributed by atoms with Crippen molar-refractivity contribution in [2.24, 2.45) is 0 Å². The van der Waals surface area contributed by atoms with Gasteiger partial charge in [0.2, 0.25) is 0 Å². The number of ether oxygens (including phenoxy) is 1. The van der Waals surface area contributed by atoms with Gasteiger partial charge in [0, 0.05) is 23.4 Å². The number of amides is 1. The highest BCUT2D eigenvalue weighted by Gasteiger charge is 2.11. The van der Waals surface area contributed by atoms with Gasteiger partial charge in [-0.3, -0.25) is 4.79 Å². The third-order valence-electron chi connectivity index (χ3n) is 2.87. The van der Waals surface area contributed by atoms with Crippen LogP contribution in [0.25, 0.3) is 0 Å². The molecule has 1 atom stereocenters. The van der Waals surface area contributed by atoms with E-state index < -0.39 is 0 Å². The minimum Gasteiger partial charge on any atom is -0.494 e. The van der Waals surface area contributed by atoms with Crippen molar-refractivity contribution >= 4 is 11.6 Å². The van der Waals surface area contributed by atoms with Crippen LogP contribution in [0.5, 0.6) is 5.75 Å². The molecular formula is C15H24N2O2. The Labute approximate surface area is 115 Å². The number of hydrogen-bond acceptors (Lipinski definition) is 3. The maximum atomic E-state index is 12.1. The van der Waals surface area contributed by atoms with E-state index in [1.54, 1.807) is 18.2 Å². The van der Waals surface area contributed by atoms with E-state index in [4.69, 9.17) is 10.5 Å². The summed E-state index contributed by atoms with van der Waals surface area (Å²) in [4.78, 5) is 12.1. The van der Waals surface area contributed by atoms with Crippen molar-refractivity contribution in [3.05, 3.63) is 23.8 Å². The fourth-order valence-electron chi connectivity index (χ4n) is 1.89. The summed E-state index contributed by atoms with van der Waals surface area (Å²) in [5.74, 6) is 0.533. The first-order chi connectivity index (χ1) is 9.06. The molecule has 1 unspecified atom stereocenters. The van der Waals surface area contributed by atoms with E-state index in [1.165, 1.54) is 0 Å². The standard InChI is InChI=1S/C15H24N2O2/c1-4-6-7-11(3)17-15(18)12-8-13(16)10-14(9-12)19-5-2/h8-11H,4-7,16H2,1-3H3,(H,17,18). The van der Waals surface area contributed by atoms with Gasteiger partial charge in [0.05, 0.1) is 6.61 Å². The van der Waals surface area contributed by atoms with Crippen LogP contribution in [-0.4, -0.2) is 18.6 Å². The number of benzene rings is 1. The molecule has 0 aliphatic carbocycles. The molecule has 1 amide bonds. The van der Waals surface area contributed by atoms with E-state index in [-0.39, 0.29) is 11.9 Å². The summed E-state index contributed by atoms with van der Waals surface area (Å²) < 4.78 is 5.39. The zero-order chi connectivity index (χ0) is 14.3. The van der Waals surface area contributed by atoms with Gasteiger partial charge in [0.25, 0.3) is 5.91 Å². The van der Waals surface area contributed by atoms with Gasteiger partial charge >= 0.3 is 0 Å². The molecule has 0 radical (unpaired) electrons. The van der Waals surface area contributed by atoms with Crippen LogP contribution in [-0.2, 0) is 0 Å². The van der Waals surface area contributed by atoms with E-state index in [9.17, 15) is 4.79 Å². The summed E-state index contributed by atoms with van der Waals surface area (Å²) in [6.45, 7) is 6.61. The van der Waals surface area contributed by atoms with E-state index in [1.807, 2.05) is 13.8 Å². The number of nitrogens with one attached hydrogen (secondary N) is 1. The first-order valence-corrected chi connectivity index (χ1v) is 6.91. The predicted octanol–water partition coefficient (Wildman–Crippen LogP) is 2.98. The van der Waals surface area contributed by atoms with Crippen LogP contribution in [0.1, 0.15) is 50.4 Å². The van der Waals surface area contributed by atoms with Gasteiger partial charge in [-0.25, -0.2) is 0 Å². The summed E-state index contributed by atoms with van der Waals surface area (Å²) in [5.41, 5.74) is 6.87. The van der Waals surface area contributed by atoms with Crippen LogP contribution in [0.15, 0.2) is 18.2 Å². The summed E-state index contributed by atoms with van der Waals surface area (Å²) in [7, 11) is 0. The summed E-state index contributed by atoms with van der Waals surface area (Å²) in [5, 5.41) is 2.98. The first kappa shape index (κ1) is 15.3. The molecule has 19 heavy (non-hydrogen) atoms. The molecule has 4 nitrogen and oxygen atoms in total. The molecule has 0 aliphatic rings. The molecular weight excluding hydrogens is 240 g/mol. The second kappa shape index (κ2) is 7.67. The Balaban J connectivity index is 2.70. The predicted molar refractivity (Wildman–Crippen MR) is 78.5 cm³/mol. The van der Waals surface area contributed by atoms with Gasteiger partial charge in [-0.1, -0.05) is 19.8 Å². The van der Waals surface area contributed by atoms with Crippen LogP contribution < -0.4 is 15.8 Å². The number of carbonyl (C=O) groups is 1. The molecule has 0 aromatic heterocycles. The first-order valence-electron chi connectivity index (χ1n) is 6.91. The van der Waals surface area contributed by atoms with Crippen LogP contribution in [0.2, 0.25) is 0 Å². The molecule has 0 fully saturated rings. The number of unbranched alkanes of at least 4 members (excludes halogenated alkanes) is 1. The minimum atomic E-state index is -0.100. The Bertz CT molecular complexity index is 419. The summed E-state index contributed by atoms with van der Waals surface area (Å²) in [6.07, 6.45) is 3.23. The molecule has 1 rings (SSSR count). The highest BCUT2D eigenvalue weighted by Crippen LogP contribution is 2.19. The third-order valence-corrected chi connectivity index (χ3v) is 2.87. The van der Waals surface area contributed by atoms with Crippen molar-refractivity contribution in [2.75, 3.05) is 12.3 Å². The summed E-state index contributed by atoms with van der Waals surface area (Å²) in [6, 6.07) is 5.29. The zero-order valence-corrected chi connectivity index (χ0v) is 12.0. The smallest absolute Gasteiger partial charge is 0.251 e. The fraction of sp³-hybridized carbons (Fsp3) is 0.533. The van der Waals surface area contributed by atoms with Crippen molar-refractivity contribution in [3.63, 3.8) is 0 Å². The lowest BCUT2D eigenvalue weighted by atomic mass is 10.1. The quantitative estimate of drug-likeness (QED) is 0.744. The molecule has 1 aromatic carbocycles. The molecule has 0 aliphatic heterocycles. The van der Waals surface area contributed by atoms with Gasteiger partial charge in [-0.2, -0.15) is 0 Å². The highest BCUT2D eigenvalue weighted by atomic mass is 16.5. The van der Waals surface area contributed by atoms with E-state index in [0.29, 0.717) is 23.6 Å². The summed E-state index contributed by atoms with van der Waals surface area (Å²) >= 11 is 0. The number of hydrogen-bond donors (Lipinski definition) is 2. The van der Waals surface area contributed by atoms with E-state index in [2.05, 4.69) is 12.2 Å². The monoisotopic (exact) mass is 264 g/mol. The van der Waals surface area contributed by atoms with Crippen LogP contribution in [0.3, 0.4) is 0 Å². The maximum absolute atomic E-state index is 12.1. The largest absolute Gasteiger partial charge is 0.494 e. The van der Waals surface area contributed by atoms with Crippen molar-refractivity contribution in [3.8, 4) is 5.75 Å². The molecule has 106 valence electrons. The Morgan fingerprint density at radius 1 is 1.37 bits per heavy atom. The second-order valence-corrected chi connectivity index (χ2v) is 4.74. The molecule has 4 heteroatoms. The van der Waals surface area contributed by atoms with Gasteiger partial charge in [0.15, 0.2) is 0 Å². The van der Waals surface area contributed by atoms with E-state index >= 15 is 0 Å². The SMILES string of the molecule is CCCCC(C)NC(=O)c1cc(N)cc(OCC)c1. The fourth-order valence-corrected chi connectivity index (χ4v) is 1.89. The Morgan fingerprint density at radius 2 is 2.11 bits per heavy atom. The normalized spacial score (nSPS) is 11.9. The van der Waals surface area contributed by atoms with Gasteiger partial charge in [-0.05, 0) is 32.4 Å². The Morgan fingerprint density at radius 3 is 2.74 bits per heavy atom. The van der Waals surface area contributed by atoms with Crippen LogP contribution >= 0.6 is 0 Å². The van der Waals surface area contributed by atoms with Crippen molar-refractivity contribution < 1.29 is 9.53 Å². The lowest BCUT2D eigenvalue weighted by Crippen LogP contribution is -2.32. The lowest BCUT2D eigenvalue weighted by molar-refractivity contribution is 0.0937. The van der Waals surface area contributed by atoms with Crippen LogP contribution in [0.4, 0.5) is 5.69 Å². The van der Waals surface area contributed by atoms with Gasteiger partial charge < -0.3 is 15.8 Å². The van der Waals surface area contributed by atoms with Crippen LogP contribution in [0, 0.1) is 0 Å². The molecule has 3 N–H and O–H groups in total. The molecule has 0 spiro atoms. The number of carbonyl (C=O) groups excluding carboxylic acids is 1. The number of rotatable bonds is 7. The Kier molecular flexibility index (Phi) is 6.19. The second-order valence-electron chi connectivity index (χ2n) is 4.74. The zero-order valence-electron chi connectivity index (χ0n) is 12.0. The molecule has 1 aromatic rings. The topological polar surface area (TPSA) is 64.4 Å². The lowest BCUT2D eigenvalue weighted by Gasteiger charge is -2.14. The average Bonchev–Trinajstić information content (AvgIpc) is 2.36. The number of nitrogen functional groups attached to an aromatic ring is 1. The average molecular weight is 264 g/mol. The third kappa shape index (κ3) is 5.20. The minimum absolute atomic E-state index is 0.100. The Hall–Kier alpha value is -1.71. The van der Waals surface area contributed by atoms with Crippen molar-refractivity contribution in [1.29, 1.82) is 0 Å². The van der Waals surface area contributed by atoms with Crippen molar-refractivity contribution in [1.82, 2.24) is 5.32 Å². The maximum Gasteiger partial charge on any atom is 0.251 e. The molecule has 0 saturated heterocycles. The van der Waals surface area contributed by atoms with Gasteiger partial charge in [-0.15, -0.1) is 0 Å².